The van der Waals surface area contributed by atoms with Crippen molar-refractivity contribution in [2.45, 2.75) is 25.8 Å². The lowest BCUT2D eigenvalue weighted by Crippen LogP contribution is -2.32. The molecule has 0 aliphatic carbocycles. The number of hydrogen-bond acceptors (Lipinski definition) is 5. The maximum atomic E-state index is 4.99. The van der Waals surface area contributed by atoms with Crippen LogP contribution >= 0.6 is 22.7 Å². The topological polar surface area (TPSA) is 28.2 Å². The Labute approximate surface area is 151 Å². The van der Waals surface area contributed by atoms with E-state index in [-0.39, 0.29) is 0 Å². The van der Waals surface area contributed by atoms with Crippen LogP contribution in [0.25, 0.3) is 10.2 Å². The van der Waals surface area contributed by atoms with Gasteiger partial charge in [0.25, 0.3) is 0 Å². The molecule has 126 valence electrons. The second kappa shape index (κ2) is 7.31. The lowest BCUT2D eigenvalue weighted by atomic mass is 10.2. The Morgan fingerprint density at radius 1 is 1.12 bits per heavy atom. The van der Waals surface area contributed by atoms with Crippen molar-refractivity contribution in [1.82, 2.24) is 15.2 Å². The number of aryl methyl sites for hydroxylation is 1. The predicted octanol–water partition coefficient (Wildman–Crippen LogP) is 4.30. The largest absolute Gasteiger partial charge is 0.315 e. The number of thiophene rings is 1. The number of thiazole rings is 1. The molecule has 1 fully saturated rings. The van der Waals surface area contributed by atoms with Crippen LogP contribution in [0.3, 0.4) is 0 Å². The SMILES string of the molecule is CCc1ccc(C(c2nc3ccccc3s2)N2CCCNCC2)s1. The minimum atomic E-state index is 0.299. The third-order valence-electron chi connectivity index (χ3n) is 4.58. The normalized spacial score (nSPS) is 17.9. The van der Waals surface area contributed by atoms with Gasteiger partial charge >= 0.3 is 0 Å². The van der Waals surface area contributed by atoms with Gasteiger partial charge in [0.1, 0.15) is 5.01 Å². The number of aromatic nitrogens is 1. The molecule has 0 radical (unpaired) electrons. The van der Waals surface area contributed by atoms with E-state index < -0.39 is 0 Å². The van der Waals surface area contributed by atoms with Crippen LogP contribution in [-0.2, 0) is 6.42 Å². The first-order valence-electron chi connectivity index (χ1n) is 8.74. The fraction of sp³-hybridized carbons (Fsp3) is 0.421. The van der Waals surface area contributed by atoms with Crippen molar-refractivity contribution in [3.05, 3.63) is 51.2 Å². The summed E-state index contributed by atoms with van der Waals surface area (Å²) in [6, 6.07) is 13.4. The van der Waals surface area contributed by atoms with Gasteiger partial charge in [-0.1, -0.05) is 19.1 Å². The van der Waals surface area contributed by atoms with Gasteiger partial charge < -0.3 is 5.32 Å². The summed E-state index contributed by atoms with van der Waals surface area (Å²) in [5, 5.41) is 4.76. The lowest BCUT2D eigenvalue weighted by Gasteiger charge is -2.28. The molecule has 2 aromatic heterocycles. The van der Waals surface area contributed by atoms with E-state index in [1.165, 1.54) is 25.9 Å². The molecule has 4 rings (SSSR count). The van der Waals surface area contributed by atoms with Crippen molar-refractivity contribution in [2.24, 2.45) is 0 Å². The first kappa shape index (κ1) is 16.2. The van der Waals surface area contributed by atoms with Gasteiger partial charge in [-0.25, -0.2) is 4.98 Å². The summed E-state index contributed by atoms with van der Waals surface area (Å²) in [7, 11) is 0. The minimum absolute atomic E-state index is 0.299. The van der Waals surface area contributed by atoms with E-state index in [0.29, 0.717) is 6.04 Å². The Bertz CT molecular complexity index is 767. The molecule has 0 amide bonds. The Hall–Kier alpha value is -1.27. The number of hydrogen-bond donors (Lipinski definition) is 1. The monoisotopic (exact) mass is 357 g/mol. The average Bonchev–Trinajstić information content (AvgIpc) is 3.16. The van der Waals surface area contributed by atoms with Gasteiger partial charge in [-0.05, 0) is 43.7 Å². The lowest BCUT2D eigenvalue weighted by molar-refractivity contribution is 0.243. The van der Waals surface area contributed by atoms with Gasteiger partial charge in [0.15, 0.2) is 0 Å². The highest BCUT2D eigenvalue weighted by Crippen LogP contribution is 2.37. The number of nitrogens with zero attached hydrogens (tertiary/aromatic N) is 2. The van der Waals surface area contributed by atoms with Crippen molar-refractivity contribution in [3.63, 3.8) is 0 Å². The smallest absolute Gasteiger partial charge is 0.116 e. The molecule has 1 saturated heterocycles. The zero-order valence-electron chi connectivity index (χ0n) is 14.0. The number of para-hydroxylation sites is 1. The summed E-state index contributed by atoms with van der Waals surface area (Å²) < 4.78 is 1.29. The fourth-order valence-electron chi connectivity index (χ4n) is 3.32. The zero-order chi connectivity index (χ0) is 16.4. The fourth-order valence-corrected chi connectivity index (χ4v) is 5.61. The van der Waals surface area contributed by atoms with Gasteiger partial charge in [-0.3, -0.25) is 4.90 Å². The van der Waals surface area contributed by atoms with Gasteiger partial charge in [0.05, 0.1) is 16.3 Å². The van der Waals surface area contributed by atoms with E-state index in [1.807, 2.05) is 22.7 Å². The number of nitrogens with one attached hydrogen (secondary N) is 1. The Morgan fingerprint density at radius 3 is 2.88 bits per heavy atom. The molecule has 3 nitrogen and oxygen atoms in total. The summed E-state index contributed by atoms with van der Waals surface area (Å²) in [4.78, 5) is 10.5. The minimum Gasteiger partial charge on any atom is -0.315 e. The van der Waals surface area contributed by atoms with Crippen LogP contribution in [0, 0.1) is 0 Å². The van der Waals surface area contributed by atoms with Crippen molar-refractivity contribution in [3.8, 4) is 0 Å². The Balaban J connectivity index is 1.76. The molecule has 5 heteroatoms. The molecule has 3 aromatic rings. The molecule has 0 spiro atoms. The van der Waals surface area contributed by atoms with Crippen molar-refractivity contribution in [1.29, 1.82) is 0 Å². The molecule has 24 heavy (non-hydrogen) atoms. The molecule has 3 heterocycles. The van der Waals surface area contributed by atoms with Crippen molar-refractivity contribution in [2.75, 3.05) is 26.2 Å². The molecule has 1 aliphatic heterocycles. The van der Waals surface area contributed by atoms with Gasteiger partial charge in [-0.2, -0.15) is 0 Å². The molecule has 1 N–H and O–H groups in total. The molecule has 1 aromatic carbocycles. The zero-order valence-corrected chi connectivity index (χ0v) is 15.6. The van der Waals surface area contributed by atoms with Crippen molar-refractivity contribution < 1.29 is 0 Å². The molecule has 1 aliphatic rings. The van der Waals surface area contributed by atoms with Crippen molar-refractivity contribution >= 4 is 32.9 Å². The van der Waals surface area contributed by atoms with E-state index in [9.17, 15) is 0 Å². The second-order valence-corrected chi connectivity index (χ2v) is 8.48. The molecule has 1 atom stereocenters. The van der Waals surface area contributed by atoms with E-state index in [2.05, 4.69) is 53.5 Å². The number of benzene rings is 1. The number of rotatable bonds is 4. The molecular weight excluding hydrogens is 334 g/mol. The Kier molecular flexibility index (Phi) is 4.94. The summed E-state index contributed by atoms with van der Waals surface area (Å²) in [6.07, 6.45) is 2.31. The molecule has 1 unspecified atom stereocenters. The standard InChI is InChI=1S/C19H23N3S2/c1-2-14-8-9-17(23-14)18(22-12-5-10-20-11-13-22)19-21-15-6-3-4-7-16(15)24-19/h3-4,6-9,18,20H,2,5,10-13H2,1H3. The molecule has 0 saturated carbocycles. The Morgan fingerprint density at radius 2 is 2.04 bits per heavy atom. The second-order valence-electron chi connectivity index (χ2n) is 6.22. The highest BCUT2D eigenvalue weighted by atomic mass is 32.1. The maximum absolute atomic E-state index is 4.99. The van der Waals surface area contributed by atoms with Crippen LogP contribution in [0.2, 0.25) is 0 Å². The van der Waals surface area contributed by atoms with E-state index in [4.69, 9.17) is 4.98 Å². The van der Waals surface area contributed by atoms with Gasteiger partial charge in [0, 0.05) is 29.4 Å². The third kappa shape index (κ3) is 3.26. The summed E-state index contributed by atoms with van der Waals surface area (Å²) >= 11 is 3.80. The molecular formula is C19H23N3S2. The maximum Gasteiger partial charge on any atom is 0.116 e. The van der Waals surface area contributed by atoms with Crippen LogP contribution in [0.1, 0.15) is 34.1 Å². The van der Waals surface area contributed by atoms with E-state index in [1.54, 1.807) is 0 Å². The summed E-state index contributed by atoms with van der Waals surface area (Å²) in [5.74, 6) is 0. The predicted molar refractivity (Wildman–Crippen MR) is 104 cm³/mol. The van der Waals surface area contributed by atoms with Crippen LogP contribution in [0.15, 0.2) is 36.4 Å². The average molecular weight is 358 g/mol. The highest BCUT2D eigenvalue weighted by molar-refractivity contribution is 7.19. The van der Waals surface area contributed by atoms with E-state index in [0.717, 1.165) is 38.1 Å². The summed E-state index contributed by atoms with van der Waals surface area (Å²) in [5.41, 5.74) is 1.13. The van der Waals surface area contributed by atoms with Gasteiger partial charge in [0.2, 0.25) is 0 Å². The summed E-state index contributed by atoms with van der Waals surface area (Å²) in [6.45, 7) is 6.63. The third-order valence-corrected chi connectivity index (χ3v) is 6.96. The quantitative estimate of drug-likeness (QED) is 0.754. The van der Waals surface area contributed by atoms with E-state index >= 15 is 0 Å². The first-order chi connectivity index (χ1) is 11.8. The van der Waals surface area contributed by atoms with Crippen LogP contribution in [-0.4, -0.2) is 36.1 Å². The van der Waals surface area contributed by atoms with Crippen LogP contribution < -0.4 is 5.32 Å². The van der Waals surface area contributed by atoms with Crippen LogP contribution in [0.5, 0.6) is 0 Å². The van der Waals surface area contributed by atoms with Crippen LogP contribution in [0.4, 0.5) is 0 Å². The highest BCUT2D eigenvalue weighted by Gasteiger charge is 2.27. The number of fused-ring (bicyclic) bond motifs is 1. The first-order valence-corrected chi connectivity index (χ1v) is 10.4. The van der Waals surface area contributed by atoms with Gasteiger partial charge in [-0.15, -0.1) is 22.7 Å². The molecule has 0 bridgehead atoms.